The lowest BCUT2D eigenvalue weighted by Gasteiger charge is -2.22. The lowest BCUT2D eigenvalue weighted by atomic mass is 10.3. The molecule has 0 amide bonds. The third kappa shape index (κ3) is 6.02. The highest BCUT2D eigenvalue weighted by molar-refractivity contribution is 5.79. The quantitative estimate of drug-likeness (QED) is 0.597. The first-order valence-corrected chi connectivity index (χ1v) is 7.94. The zero-order chi connectivity index (χ0) is 16.3. The van der Waals surface area contributed by atoms with Crippen LogP contribution in [0, 0.1) is 0 Å². The minimum Gasteiger partial charge on any atom is -0.492 e. The molecule has 0 aliphatic carbocycles. The monoisotopic (exact) mass is 315 g/mol. The maximum Gasteiger partial charge on any atom is 0.193 e. The van der Waals surface area contributed by atoms with Gasteiger partial charge in [0.05, 0.1) is 19.6 Å². The molecular weight excluding hydrogens is 290 g/mol. The zero-order valence-corrected chi connectivity index (χ0v) is 13.9. The first-order valence-electron chi connectivity index (χ1n) is 7.94. The molecule has 1 aromatic carbocycles. The van der Waals surface area contributed by atoms with Gasteiger partial charge in [-0.3, -0.25) is 9.67 Å². The second kappa shape index (κ2) is 9.50. The molecule has 0 aliphatic rings. The summed E-state index contributed by atoms with van der Waals surface area (Å²) in [5.74, 6) is 1.78. The summed E-state index contributed by atoms with van der Waals surface area (Å²) >= 11 is 0. The van der Waals surface area contributed by atoms with Crippen molar-refractivity contribution in [3.05, 3.63) is 48.8 Å². The van der Waals surface area contributed by atoms with E-state index >= 15 is 0 Å². The van der Waals surface area contributed by atoms with Crippen LogP contribution >= 0.6 is 0 Å². The second-order valence-electron chi connectivity index (χ2n) is 5.09. The standard InChI is InChI=1S/C17H25N5O/c1-3-18-17(19-11-13-22-12-7-10-20-22)21(2)14-15-23-16-8-5-4-6-9-16/h4-10,12H,3,11,13-15H2,1-2H3,(H,18,19). The molecule has 0 aliphatic heterocycles. The van der Waals surface area contributed by atoms with Gasteiger partial charge < -0.3 is 15.0 Å². The first-order chi connectivity index (χ1) is 11.3. The molecule has 0 saturated carbocycles. The topological polar surface area (TPSA) is 54.7 Å². The molecule has 0 fully saturated rings. The number of aliphatic imine (C=N–C) groups is 1. The van der Waals surface area contributed by atoms with Crippen LogP contribution in [0.25, 0.3) is 0 Å². The number of guanidine groups is 1. The average Bonchev–Trinajstić information content (AvgIpc) is 3.08. The molecule has 0 radical (unpaired) electrons. The lowest BCUT2D eigenvalue weighted by Crippen LogP contribution is -2.41. The fraction of sp³-hybridized carbons (Fsp3) is 0.412. The fourth-order valence-electron chi connectivity index (χ4n) is 2.08. The summed E-state index contributed by atoms with van der Waals surface area (Å²) < 4.78 is 7.61. The van der Waals surface area contributed by atoms with Gasteiger partial charge in [-0.05, 0) is 25.1 Å². The van der Waals surface area contributed by atoms with Crippen LogP contribution in [-0.4, -0.2) is 53.9 Å². The summed E-state index contributed by atoms with van der Waals surface area (Å²) in [5.41, 5.74) is 0. The maximum atomic E-state index is 5.73. The van der Waals surface area contributed by atoms with Gasteiger partial charge in [-0.25, -0.2) is 0 Å². The van der Waals surface area contributed by atoms with Crippen LogP contribution in [0.3, 0.4) is 0 Å². The van der Waals surface area contributed by atoms with E-state index in [1.807, 2.05) is 54.3 Å². The van der Waals surface area contributed by atoms with Gasteiger partial charge >= 0.3 is 0 Å². The third-order valence-corrected chi connectivity index (χ3v) is 3.28. The molecule has 2 aromatic rings. The van der Waals surface area contributed by atoms with Gasteiger partial charge in [0, 0.05) is 26.0 Å². The summed E-state index contributed by atoms with van der Waals surface area (Å²) in [6.45, 7) is 5.75. The molecule has 0 atom stereocenters. The molecule has 23 heavy (non-hydrogen) atoms. The van der Waals surface area contributed by atoms with Crippen molar-refractivity contribution in [2.45, 2.75) is 13.5 Å². The lowest BCUT2D eigenvalue weighted by molar-refractivity contribution is 0.281. The van der Waals surface area contributed by atoms with Crippen molar-refractivity contribution in [3.63, 3.8) is 0 Å². The number of nitrogens with zero attached hydrogens (tertiary/aromatic N) is 4. The second-order valence-corrected chi connectivity index (χ2v) is 5.09. The van der Waals surface area contributed by atoms with Gasteiger partial charge in [0.1, 0.15) is 12.4 Å². The van der Waals surface area contributed by atoms with E-state index < -0.39 is 0 Å². The molecule has 1 heterocycles. The fourth-order valence-corrected chi connectivity index (χ4v) is 2.08. The highest BCUT2D eigenvalue weighted by Crippen LogP contribution is 2.07. The number of benzene rings is 1. The molecule has 1 N–H and O–H groups in total. The van der Waals surface area contributed by atoms with E-state index in [9.17, 15) is 0 Å². The predicted molar refractivity (Wildman–Crippen MR) is 92.8 cm³/mol. The van der Waals surface area contributed by atoms with Crippen LogP contribution in [0.2, 0.25) is 0 Å². The highest BCUT2D eigenvalue weighted by Gasteiger charge is 2.05. The van der Waals surface area contributed by atoms with Crippen molar-refractivity contribution in [1.82, 2.24) is 20.0 Å². The number of likely N-dealkylation sites (N-methyl/N-ethyl adjacent to an activating group) is 1. The number of hydrogen-bond donors (Lipinski definition) is 1. The Morgan fingerprint density at radius 3 is 2.83 bits per heavy atom. The summed E-state index contributed by atoms with van der Waals surface area (Å²) in [4.78, 5) is 6.71. The molecule has 6 nitrogen and oxygen atoms in total. The van der Waals surface area contributed by atoms with Crippen LogP contribution in [0.4, 0.5) is 0 Å². The molecule has 0 bridgehead atoms. The van der Waals surface area contributed by atoms with E-state index in [0.29, 0.717) is 13.2 Å². The van der Waals surface area contributed by atoms with E-state index in [4.69, 9.17) is 4.74 Å². The predicted octanol–water partition coefficient (Wildman–Crippen LogP) is 1.86. The Morgan fingerprint density at radius 1 is 1.30 bits per heavy atom. The molecule has 1 aromatic heterocycles. The summed E-state index contributed by atoms with van der Waals surface area (Å²) in [6, 6.07) is 11.8. The number of rotatable bonds is 8. The smallest absolute Gasteiger partial charge is 0.193 e. The summed E-state index contributed by atoms with van der Waals surface area (Å²) in [7, 11) is 2.02. The van der Waals surface area contributed by atoms with Gasteiger partial charge in [0.2, 0.25) is 0 Å². The van der Waals surface area contributed by atoms with E-state index in [2.05, 4.69) is 27.2 Å². The average molecular weight is 315 g/mol. The van der Waals surface area contributed by atoms with Crippen LogP contribution in [0.15, 0.2) is 53.8 Å². The molecule has 0 spiro atoms. The molecule has 2 rings (SSSR count). The number of nitrogens with one attached hydrogen (secondary N) is 1. The number of para-hydroxylation sites is 1. The zero-order valence-electron chi connectivity index (χ0n) is 13.9. The Labute approximate surface area is 137 Å². The van der Waals surface area contributed by atoms with E-state index in [0.717, 1.165) is 31.3 Å². The Bertz CT molecular complexity index is 568. The van der Waals surface area contributed by atoms with Crippen LogP contribution in [-0.2, 0) is 6.54 Å². The van der Waals surface area contributed by atoms with Gasteiger partial charge in [0.15, 0.2) is 5.96 Å². The Hall–Kier alpha value is -2.50. The molecule has 0 saturated heterocycles. The van der Waals surface area contributed by atoms with Crippen LogP contribution in [0.5, 0.6) is 5.75 Å². The van der Waals surface area contributed by atoms with Gasteiger partial charge in [-0.15, -0.1) is 0 Å². The first kappa shape index (κ1) is 16.9. The number of ether oxygens (including phenoxy) is 1. The Balaban J connectivity index is 1.78. The number of hydrogen-bond acceptors (Lipinski definition) is 3. The van der Waals surface area contributed by atoms with Crippen LogP contribution < -0.4 is 10.1 Å². The Kier molecular flexibility index (Phi) is 6.97. The van der Waals surface area contributed by atoms with Crippen molar-refractivity contribution in [2.75, 3.05) is 33.3 Å². The third-order valence-electron chi connectivity index (χ3n) is 3.28. The van der Waals surface area contributed by atoms with Gasteiger partial charge in [0.25, 0.3) is 0 Å². The normalized spacial score (nSPS) is 11.3. The van der Waals surface area contributed by atoms with Crippen molar-refractivity contribution in [3.8, 4) is 5.75 Å². The van der Waals surface area contributed by atoms with Crippen molar-refractivity contribution < 1.29 is 4.74 Å². The van der Waals surface area contributed by atoms with Crippen molar-refractivity contribution in [2.24, 2.45) is 4.99 Å². The maximum absolute atomic E-state index is 5.73. The molecule has 0 unspecified atom stereocenters. The molecule has 6 heteroatoms. The van der Waals surface area contributed by atoms with E-state index in [1.54, 1.807) is 6.20 Å². The number of aromatic nitrogens is 2. The minimum absolute atomic E-state index is 0.615. The SMILES string of the molecule is CCNC(=NCCn1cccn1)N(C)CCOc1ccccc1. The summed E-state index contributed by atoms with van der Waals surface area (Å²) in [6.07, 6.45) is 3.72. The summed E-state index contributed by atoms with van der Waals surface area (Å²) in [5, 5.41) is 7.48. The van der Waals surface area contributed by atoms with Crippen molar-refractivity contribution >= 4 is 5.96 Å². The van der Waals surface area contributed by atoms with E-state index in [-0.39, 0.29) is 0 Å². The minimum atomic E-state index is 0.615. The largest absolute Gasteiger partial charge is 0.492 e. The van der Waals surface area contributed by atoms with Crippen molar-refractivity contribution in [1.29, 1.82) is 0 Å². The molecule has 124 valence electrons. The Morgan fingerprint density at radius 2 is 2.13 bits per heavy atom. The van der Waals surface area contributed by atoms with Crippen LogP contribution in [0.1, 0.15) is 6.92 Å². The van der Waals surface area contributed by atoms with E-state index in [1.165, 1.54) is 0 Å². The highest BCUT2D eigenvalue weighted by atomic mass is 16.5. The van der Waals surface area contributed by atoms with Gasteiger partial charge in [-0.1, -0.05) is 18.2 Å². The molecular formula is C17H25N5O. The van der Waals surface area contributed by atoms with Gasteiger partial charge in [-0.2, -0.15) is 5.10 Å².